The number of primary amides is 1. The van der Waals surface area contributed by atoms with E-state index in [0.717, 1.165) is 6.07 Å². The molecule has 0 aromatic heterocycles. The number of nitrogens with zero attached hydrogens (tertiary/aromatic N) is 1. The predicted molar refractivity (Wildman–Crippen MR) is 69.4 cm³/mol. The molecule has 0 atom stereocenters. The number of anilines is 2. The fraction of sp³-hybridized carbons (Fsp3) is 0. The number of benzene rings is 2. The van der Waals surface area contributed by atoms with E-state index >= 15 is 0 Å². The Labute approximate surface area is 109 Å². The zero-order chi connectivity index (χ0) is 13.8. The molecule has 1 amide bonds. The molecular formula is C14H10FN3O. The lowest BCUT2D eigenvalue weighted by atomic mass is 10.1. The second-order valence-electron chi connectivity index (χ2n) is 3.87. The van der Waals surface area contributed by atoms with Crippen molar-refractivity contribution in [1.82, 2.24) is 0 Å². The molecule has 19 heavy (non-hydrogen) atoms. The number of carbonyl (C=O) groups excluding carboxylic acids is 1. The van der Waals surface area contributed by atoms with Crippen LogP contribution in [0.2, 0.25) is 0 Å². The van der Waals surface area contributed by atoms with Gasteiger partial charge in [0, 0.05) is 11.3 Å². The van der Waals surface area contributed by atoms with Gasteiger partial charge >= 0.3 is 0 Å². The van der Waals surface area contributed by atoms with E-state index in [0.29, 0.717) is 16.9 Å². The Morgan fingerprint density at radius 2 is 1.89 bits per heavy atom. The monoisotopic (exact) mass is 255 g/mol. The van der Waals surface area contributed by atoms with Gasteiger partial charge in [0.2, 0.25) is 5.91 Å². The molecule has 0 aliphatic rings. The lowest BCUT2D eigenvalue weighted by molar-refractivity contribution is 0.100. The van der Waals surface area contributed by atoms with E-state index in [2.05, 4.69) is 5.32 Å². The quantitative estimate of drug-likeness (QED) is 0.884. The molecule has 94 valence electrons. The van der Waals surface area contributed by atoms with Crippen LogP contribution in [0.15, 0.2) is 42.5 Å². The maximum Gasteiger partial charge on any atom is 0.248 e. The number of nitriles is 1. The number of carbonyl (C=O) groups is 1. The van der Waals surface area contributed by atoms with Crippen LogP contribution in [0, 0.1) is 17.1 Å². The fourth-order valence-corrected chi connectivity index (χ4v) is 1.59. The SMILES string of the molecule is N#Cc1cc(F)ccc1Nc1ccc(C(N)=O)cc1. The van der Waals surface area contributed by atoms with Crippen molar-refractivity contribution in [3.63, 3.8) is 0 Å². The van der Waals surface area contributed by atoms with Crippen LogP contribution in [0.1, 0.15) is 15.9 Å². The van der Waals surface area contributed by atoms with Gasteiger partial charge < -0.3 is 11.1 Å². The van der Waals surface area contributed by atoms with E-state index < -0.39 is 11.7 Å². The first-order valence-corrected chi connectivity index (χ1v) is 5.46. The molecule has 2 aromatic rings. The molecule has 5 heteroatoms. The molecule has 0 aliphatic heterocycles. The second kappa shape index (κ2) is 5.19. The summed E-state index contributed by atoms with van der Waals surface area (Å²) in [5.41, 5.74) is 6.91. The summed E-state index contributed by atoms with van der Waals surface area (Å²) in [4.78, 5) is 10.9. The van der Waals surface area contributed by atoms with Gasteiger partial charge in [-0.1, -0.05) is 0 Å². The highest BCUT2D eigenvalue weighted by Crippen LogP contribution is 2.21. The Kier molecular flexibility index (Phi) is 3.44. The third kappa shape index (κ3) is 2.87. The summed E-state index contributed by atoms with van der Waals surface area (Å²) in [6, 6.07) is 12.3. The molecule has 2 rings (SSSR count). The van der Waals surface area contributed by atoms with Crippen LogP contribution < -0.4 is 11.1 Å². The number of halogens is 1. The zero-order valence-electron chi connectivity index (χ0n) is 9.85. The first kappa shape index (κ1) is 12.6. The number of hydrogen-bond donors (Lipinski definition) is 2. The largest absolute Gasteiger partial charge is 0.366 e. The average molecular weight is 255 g/mol. The third-order valence-corrected chi connectivity index (χ3v) is 2.55. The van der Waals surface area contributed by atoms with Gasteiger partial charge in [-0.05, 0) is 42.5 Å². The van der Waals surface area contributed by atoms with Gasteiger partial charge in [-0.3, -0.25) is 4.79 Å². The van der Waals surface area contributed by atoms with Gasteiger partial charge in [0.05, 0.1) is 11.3 Å². The maximum absolute atomic E-state index is 13.0. The summed E-state index contributed by atoms with van der Waals surface area (Å²) in [5, 5.41) is 11.9. The van der Waals surface area contributed by atoms with E-state index in [1.807, 2.05) is 6.07 Å². The summed E-state index contributed by atoms with van der Waals surface area (Å²) in [6.07, 6.45) is 0. The molecule has 0 radical (unpaired) electrons. The first-order chi connectivity index (χ1) is 9.10. The lowest BCUT2D eigenvalue weighted by Gasteiger charge is -2.08. The Morgan fingerprint density at radius 3 is 2.47 bits per heavy atom. The molecule has 0 fully saturated rings. The molecule has 0 spiro atoms. The van der Waals surface area contributed by atoms with E-state index in [-0.39, 0.29) is 5.56 Å². The summed E-state index contributed by atoms with van der Waals surface area (Å²) >= 11 is 0. The average Bonchev–Trinajstić information content (AvgIpc) is 2.41. The van der Waals surface area contributed by atoms with Crippen LogP contribution in [0.5, 0.6) is 0 Å². The van der Waals surface area contributed by atoms with Crippen LogP contribution in [0.25, 0.3) is 0 Å². The Balaban J connectivity index is 2.26. The summed E-state index contributed by atoms with van der Waals surface area (Å²) in [7, 11) is 0. The molecule has 3 N–H and O–H groups in total. The van der Waals surface area contributed by atoms with Crippen molar-refractivity contribution in [1.29, 1.82) is 5.26 Å². The smallest absolute Gasteiger partial charge is 0.248 e. The van der Waals surface area contributed by atoms with Gasteiger partial charge in [0.1, 0.15) is 11.9 Å². The predicted octanol–water partition coefficient (Wildman–Crippen LogP) is 2.54. The molecule has 0 saturated heterocycles. The van der Waals surface area contributed by atoms with E-state index in [1.165, 1.54) is 12.1 Å². The summed E-state index contributed by atoms with van der Waals surface area (Å²) < 4.78 is 13.0. The second-order valence-corrected chi connectivity index (χ2v) is 3.87. The topological polar surface area (TPSA) is 78.9 Å². The third-order valence-electron chi connectivity index (χ3n) is 2.55. The van der Waals surface area contributed by atoms with Gasteiger partial charge in [-0.25, -0.2) is 4.39 Å². The van der Waals surface area contributed by atoms with E-state index in [1.54, 1.807) is 24.3 Å². The van der Waals surface area contributed by atoms with Crippen LogP contribution in [0.4, 0.5) is 15.8 Å². The van der Waals surface area contributed by atoms with Crippen LogP contribution in [-0.4, -0.2) is 5.91 Å². The highest BCUT2D eigenvalue weighted by Gasteiger charge is 2.05. The molecule has 2 aromatic carbocycles. The van der Waals surface area contributed by atoms with Crippen LogP contribution in [-0.2, 0) is 0 Å². The summed E-state index contributed by atoms with van der Waals surface area (Å²) in [5.74, 6) is -0.975. The van der Waals surface area contributed by atoms with Crippen molar-refractivity contribution in [3.8, 4) is 6.07 Å². The maximum atomic E-state index is 13.0. The van der Waals surface area contributed by atoms with Gasteiger partial charge in [0.25, 0.3) is 0 Å². The molecule has 0 heterocycles. The van der Waals surface area contributed by atoms with Crippen molar-refractivity contribution in [2.45, 2.75) is 0 Å². The molecule has 0 unspecified atom stereocenters. The number of rotatable bonds is 3. The minimum Gasteiger partial charge on any atom is -0.366 e. The van der Waals surface area contributed by atoms with Crippen molar-refractivity contribution in [2.75, 3.05) is 5.32 Å². The van der Waals surface area contributed by atoms with Crippen molar-refractivity contribution < 1.29 is 9.18 Å². The van der Waals surface area contributed by atoms with Crippen molar-refractivity contribution in [2.24, 2.45) is 5.73 Å². The molecule has 4 nitrogen and oxygen atoms in total. The van der Waals surface area contributed by atoms with Crippen molar-refractivity contribution in [3.05, 3.63) is 59.4 Å². The van der Waals surface area contributed by atoms with E-state index in [9.17, 15) is 9.18 Å². The number of nitrogens with two attached hydrogens (primary N) is 1. The van der Waals surface area contributed by atoms with Crippen molar-refractivity contribution >= 4 is 17.3 Å². The number of hydrogen-bond acceptors (Lipinski definition) is 3. The summed E-state index contributed by atoms with van der Waals surface area (Å²) in [6.45, 7) is 0. The first-order valence-electron chi connectivity index (χ1n) is 5.46. The molecule has 0 saturated carbocycles. The number of nitrogens with one attached hydrogen (secondary N) is 1. The Hall–Kier alpha value is -2.87. The van der Waals surface area contributed by atoms with Crippen LogP contribution >= 0.6 is 0 Å². The number of amides is 1. The fourth-order valence-electron chi connectivity index (χ4n) is 1.59. The Bertz CT molecular complexity index is 659. The van der Waals surface area contributed by atoms with Crippen LogP contribution in [0.3, 0.4) is 0 Å². The molecule has 0 aliphatic carbocycles. The standard InChI is InChI=1S/C14H10FN3O/c15-11-3-6-13(10(7-11)8-16)18-12-4-1-9(2-5-12)14(17)19/h1-7,18H,(H2,17,19). The highest BCUT2D eigenvalue weighted by atomic mass is 19.1. The Morgan fingerprint density at radius 1 is 1.21 bits per heavy atom. The molecular weight excluding hydrogens is 245 g/mol. The van der Waals surface area contributed by atoms with Gasteiger partial charge in [-0.15, -0.1) is 0 Å². The van der Waals surface area contributed by atoms with Gasteiger partial charge in [0.15, 0.2) is 0 Å². The minimum absolute atomic E-state index is 0.207. The normalized spacial score (nSPS) is 9.68. The van der Waals surface area contributed by atoms with Gasteiger partial charge in [-0.2, -0.15) is 5.26 Å². The highest BCUT2D eigenvalue weighted by molar-refractivity contribution is 5.93. The minimum atomic E-state index is -0.508. The molecule has 0 bridgehead atoms. The van der Waals surface area contributed by atoms with E-state index in [4.69, 9.17) is 11.0 Å². The lowest BCUT2D eigenvalue weighted by Crippen LogP contribution is -2.10. The zero-order valence-corrected chi connectivity index (χ0v) is 9.85.